The van der Waals surface area contributed by atoms with Crippen LogP contribution in [0.1, 0.15) is 25.5 Å². The quantitative estimate of drug-likeness (QED) is 0.394. The molecule has 0 aliphatic carbocycles. The lowest BCUT2D eigenvalue weighted by atomic mass is 9.94. The van der Waals surface area contributed by atoms with Crippen molar-refractivity contribution in [2.24, 2.45) is 0 Å². The van der Waals surface area contributed by atoms with Crippen LogP contribution in [0, 0.1) is 0 Å². The summed E-state index contributed by atoms with van der Waals surface area (Å²) in [4.78, 5) is 22.5. The van der Waals surface area contributed by atoms with Crippen LogP contribution >= 0.6 is 0 Å². The summed E-state index contributed by atoms with van der Waals surface area (Å²) in [7, 11) is 1.62. The van der Waals surface area contributed by atoms with Crippen molar-refractivity contribution in [3.8, 4) is 22.9 Å². The Balaban J connectivity index is 1.62. The molecule has 2 aromatic heterocycles. The number of aromatic nitrogens is 4. The largest absolute Gasteiger partial charge is 0.497 e. The van der Waals surface area contributed by atoms with Gasteiger partial charge in [-0.3, -0.25) is 9.78 Å². The molecule has 5 rings (SSSR count). The van der Waals surface area contributed by atoms with Crippen LogP contribution in [-0.2, 0) is 4.79 Å². The van der Waals surface area contributed by atoms with Gasteiger partial charge in [-0.05, 0) is 56.3 Å². The van der Waals surface area contributed by atoms with E-state index in [0.29, 0.717) is 41.1 Å². The van der Waals surface area contributed by atoms with Crippen molar-refractivity contribution in [2.45, 2.75) is 19.9 Å². The van der Waals surface area contributed by atoms with Gasteiger partial charge in [-0.15, -0.1) is 5.10 Å². The number of hydrogen-bond acceptors (Lipinski definition) is 7. The highest BCUT2D eigenvalue weighted by molar-refractivity contribution is 6.06. The monoisotopic (exact) mass is 482 g/mol. The van der Waals surface area contributed by atoms with Gasteiger partial charge in [0, 0.05) is 23.0 Å². The van der Waals surface area contributed by atoms with Gasteiger partial charge in [0.25, 0.3) is 5.91 Å². The maximum atomic E-state index is 13.6. The number of methoxy groups -OCH3 is 1. The molecule has 0 saturated carbocycles. The summed E-state index contributed by atoms with van der Waals surface area (Å²) in [5, 5.41) is 11.1. The van der Waals surface area contributed by atoms with Gasteiger partial charge in [0.2, 0.25) is 5.95 Å². The summed E-state index contributed by atoms with van der Waals surface area (Å²) >= 11 is 0. The highest BCUT2D eigenvalue weighted by Crippen LogP contribution is 2.40. The number of fused-ring (bicyclic) bond motifs is 1. The van der Waals surface area contributed by atoms with Crippen molar-refractivity contribution >= 4 is 17.5 Å². The number of para-hydroxylation sites is 1. The minimum atomic E-state index is -0.569. The fraction of sp³-hybridized carbons (Fsp3) is 0.185. The molecule has 4 aromatic rings. The zero-order valence-corrected chi connectivity index (χ0v) is 20.2. The molecular weight excluding hydrogens is 456 g/mol. The molecule has 0 spiro atoms. The lowest BCUT2D eigenvalue weighted by Gasteiger charge is -2.29. The molecule has 9 heteroatoms. The molecule has 3 heterocycles. The van der Waals surface area contributed by atoms with E-state index < -0.39 is 6.04 Å². The van der Waals surface area contributed by atoms with Crippen molar-refractivity contribution in [3.63, 3.8) is 0 Å². The van der Waals surface area contributed by atoms with Crippen LogP contribution in [0.25, 0.3) is 11.4 Å². The number of carbonyl (C=O) groups excluding carboxylic acids is 1. The van der Waals surface area contributed by atoms with E-state index in [1.165, 1.54) is 0 Å². The fourth-order valence-corrected chi connectivity index (χ4v) is 4.22. The van der Waals surface area contributed by atoms with E-state index in [4.69, 9.17) is 19.6 Å². The molecule has 1 unspecified atom stereocenters. The molecule has 2 N–H and O–H groups in total. The highest BCUT2D eigenvalue weighted by atomic mass is 16.5. The molecule has 1 aliphatic heterocycles. The predicted molar refractivity (Wildman–Crippen MR) is 137 cm³/mol. The predicted octanol–water partition coefficient (Wildman–Crippen LogP) is 4.68. The number of nitrogens with zero attached hydrogens (tertiary/aromatic N) is 4. The van der Waals surface area contributed by atoms with E-state index in [2.05, 4.69) is 15.6 Å². The molecule has 0 fully saturated rings. The summed E-state index contributed by atoms with van der Waals surface area (Å²) in [5.74, 6) is 2.22. The smallest absolute Gasteiger partial charge is 0.255 e. The average molecular weight is 483 g/mol. The second kappa shape index (κ2) is 9.91. The number of hydrogen-bond donors (Lipinski definition) is 2. The van der Waals surface area contributed by atoms with Crippen LogP contribution in [0.15, 0.2) is 84.3 Å². The van der Waals surface area contributed by atoms with Crippen molar-refractivity contribution in [2.75, 3.05) is 24.4 Å². The number of pyridine rings is 1. The third-order valence-corrected chi connectivity index (χ3v) is 5.88. The molecule has 9 nitrogen and oxygen atoms in total. The lowest BCUT2D eigenvalue weighted by molar-refractivity contribution is -0.113. The molecule has 1 atom stereocenters. The van der Waals surface area contributed by atoms with Gasteiger partial charge in [0.05, 0.1) is 31.2 Å². The molecule has 36 heavy (non-hydrogen) atoms. The Hall–Kier alpha value is -4.66. The Bertz CT molecular complexity index is 1410. The number of carbonyl (C=O) groups is 1. The number of ether oxygens (including phenoxy) is 2. The van der Waals surface area contributed by atoms with Gasteiger partial charge in [0.1, 0.15) is 17.5 Å². The first kappa shape index (κ1) is 23.1. The summed E-state index contributed by atoms with van der Waals surface area (Å²) in [6, 6.07) is 18.2. The summed E-state index contributed by atoms with van der Waals surface area (Å²) in [5.41, 5.74) is 3.42. The third-order valence-electron chi connectivity index (χ3n) is 5.88. The zero-order chi connectivity index (χ0) is 25.1. The number of anilines is 2. The molecule has 2 aromatic carbocycles. The van der Waals surface area contributed by atoms with Crippen LogP contribution in [-0.4, -0.2) is 39.4 Å². The van der Waals surface area contributed by atoms with E-state index in [1.807, 2.05) is 62.4 Å². The number of rotatable bonds is 7. The first-order valence-electron chi connectivity index (χ1n) is 11.6. The maximum Gasteiger partial charge on any atom is 0.255 e. The van der Waals surface area contributed by atoms with Gasteiger partial charge in [0.15, 0.2) is 5.82 Å². The molecule has 0 saturated heterocycles. The SMILES string of the molecule is CCOc1ccccc1C1C(C(=O)Nc2cccnc2)=C(C)Nc2nc(-c3ccc(OC)cc3)nn21. The molecular formula is C27H26N6O3. The minimum absolute atomic E-state index is 0.267. The minimum Gasteiger partial charge on any atom is -0.497 e. The molecule has 1 amide bonds. The van der Waals surface area contributed by atoms with E-state index >= 15 is 0 Å². The van der Waals surface area contributed by atoms with Gasteiger partial charge in [-0.1, -0.05) is 18.2 Å². The summed E-state index contributed by atoms with van der Waals surface area (Å²) < 4.78 is 13.0. The van der Waals surface area contributed by atoms with E-state index in [0.717, 1.165) is 16.9 Å². The van der Waals surface area contributed by atoms with Crippen molar-refractivity contribution < 1.29 is 14.3 Å². The Kier molecular flexibility index (Phi) is 6.36. The fourth-order valence-electron chi connectivity index (χ4n) is 4.22. The topological polar surface area (TPSA) is 103 Å². The van der Waals surface area contributed by atoms with Gasteiger partial charge >= 0.3 is 0 Å². The zero-order valence-electron chi connectivity index (χ0n) is 20.2. The normalized spacial score (nSPS) is 14.6. The molecule has 0 radical (unpaired) electrons. The summed E-state index contributed by atoms with van der Waals surface area (Å²) in [6.45, 7) is 4.28. The number of nitrogens with one attached hydrogen (secondary N) is 2. The second-order valence-corrected chi connectivity index (χ2v) is 8.16. The van der Waals surface area contributed by atoms with Gasteiger partial charge < -0.3 is 20.1 Å². The lowest BCUT2D eigenvalue weighted by Crippen LogP contribution is -2.31. The van der Waals surface area contributed by atoms with Crippen LogP contribution in [0.5, 0.6) is 11.5 Å². The van der Waals surface area contributed by atoms with Crippen molar-refractivity contribution in [3.05, 3.63) is 89.9 Å². The van der Waals surface area contributed by atoms with Crippen LogP contribution in [0.2, 0.25) is 0 Å². The first-order valence-corrected chi connectivity index (χ1v) is 11.6. The van der Waals surface area contributed by atoms with Crippen LogP contribution in [0.3, 0.4) is 0 Å². The highest BCUT2D eigenvalue weighted by Gasteiger charge is 2.36. The van der Waals surface area contributed by atoms with Crippen LogP contribution < -0.4 is 20.1 Å². The van der Waals surface area contributed by atoms with Gasteiger partial charge in [-0.2, -0.15) is 4.98 Å². The molecule has 182 valence electrons. The Morgan fingerprint density at radius 1 is 1.11 bits per heavy atom. The van der Waals surface area contributed by atoms with E-state index in [9.17, 15) is 4.79 Å². The number of amides is 1. The first-order chi connectivity index (χ1) is 17.6. The Labute approximate surface area is 208 Å². The molecule has 1 aliphatic rings. The second-order valence-electron chi connectivity index (χ2n) is 8.16. The number of benzene rings is 2. The maximum absolute atomic E-state index is 13.6. The number of allylic oxidation sites excluding steroid dienone is 1. The third kappa shape index (κ3) is 4.38. The molecule has 0 bridgehead atoms. The van der Waals surface area contributed by atoms with Gasteiger partial charge in [-0.25, -0.2) is 4.68 Å². The standard InChI is InChI=1S/C27H26N6O3/c1-4-36-22-10-6-5-9-21(22)24-23(26(34)30-19-8-7-15-28-16-19)17(2)29-27-31-25(32-33(24)27)18-11-13-20(35-3)14-12-18/h5-16,24H,4H2,1-3H3,(H,30,34)(H,29,31,32). The Morgan fingerprint density at radius 2 is 1.92 bits per heavy atom. The van der Waals surface area contributed by atoms with E-state index in [-0.39, 0.29) is 5.91 Å². The average Bonchev–Trinajstić information content (AvgIpc) is 3.32. The Morgan fingerprint density at radius 3 is 2.64 bits per heavy atom. The van der Waals surface area contributed by atoms with Crippen LogP contribution in [0.4, 0.5) is 11.6 Å². The van der Waals surface area contributed by atoms with Crippen molar-refractivity contribution in [1.82, 2.24) is 19.7 Å². The van der Waals surface area contributed by atoms with E-state index in [1.54, 1.807) is 36.3 Å². The van der Waals surface area contributed by atoms with Crippen molar-refractivity contribution in [1.29, 1.82) is 0 Å². The summed E-state index contributed by atoms with van der Waals surface area (Å²) in [6.07, 6.45) is 3.27.